The van der Waals surface area contributed by atoms with Crippen molar-refractivity contribution in [1.29, 1.82) is 0 Å². The molecule has 0 unspecified atom stereocenters. The van der Waals surface area contributed by atoms with Gasteiger partial charge in [0.05, 0.1) is 0 Å². The molecule has 0 nitrogen and oxygen atoms in total. The van der Waals surface area contributed by atoms with Crippen LogP contribution in [0.4, 0.5) is 4.39 Å². The van der Waals surface area contributed by atoms with E-state index in [0.717, 1.165) is 0 Å². The molecule has 1 aromatic rings. The van der Waals surface area contributed by atoms with Gasteiger partial charge in [-0.1, -0.05) is 17.1 Å². The molecule has 1 aromatic carbocycles. The number of halogens is 2. The van der Waals surface area contributed by atoms with E-state index in [1.54, 1.807) is 6.92 Å². The number of hydrogen-bond donors (Lipinski definition) is 0. The Morgan fingerprint density at radius 3 is 2.60 bits per heavy atom. The first kappa shape index (κ1) is 7.61. The van der Waals surface area contributed by atoms with Crippen LogP contribution < -0.4 is 5.46 Å². The standard InChI is InChI=1S/C7H5BClF/c1-4-2-7(10)5(8)3-6(4)9/h2-3H,1H3. The largest absolute Gasteiger partial charge is 0.208 e. The van der Waals surface area contributed by atoms with Crippen LogP contribution in [0.15, 0.2) is 12.1 Å². The van der Waals surface area contributed by atoms with Crippen LogP contribution in [-0.4, -0.2) is 7.85 Å². The lowest BCUT2D eigenvalue weighted by Gasteiger charge is -2.00. The molecule has 0 aromatic heterocycles. The van der Waals surface area contributed by atoms with Crippen LogP contribution in [0.3, 0.4) is 0 Å². The first-order valence-electron chi connectivity index (χ1n) is 2.82. The summed E-state index contributed by atoms with van der Waals surface area (Å²) in [5.41, 5.74) is 0.795. The SMILES string of the molecule is [B]c1cc(Cl)c(C)cc1F. The van der Waals surface area contributed by atoms with E-state index in [0.29, 0.717) is 10.6 Å². The number of aryl methyl sites for hydroxylation is 1. The fourth-order valence-corrected chi connectivity index (χ4v) is 0.834. The van der Waals surface area contributed by atoms with Gasteiger partial charge in [-0.05, 0) is 24.6 Å². The number of benzene rings is 1. The molecule has 0 saturated carbocycles. The zero-order valence-electron chi connectivity index (χ0n) is 5.49. The second kappa shape index (κ2) is 2.63. The summed E-state index contributed by atoms with van der Waals surface area (Å²) in [6.07, 6.45) is 0. The normalized spacial score (nSPS) is 9.90. The molecule has 0 fully saturated rings. The third-order valence-electron chi connectivity index (χ3n) is 1.28. The minimum Gasteiger partial charge on any atom is -0.208 e. The van der Waals surface area contributed by atoms with Crippen molar-refractivity contribution in [2.24, 2.45) is 0 Å². The lowest BCUT2D eigenvalue weighted by atomic mass is 9.94. The van der Waals surface area contributed by atoms with Gasteiger partial charge in [0.2, 0.25) is 0 Å². The highest BCUT2D eigenvalue weighted by Crippen LogP contribution is 2.13. The molecular formula is C7H5BClF. The molecule has 0 amide bonds. The van der Waals surface area contributed by atoms with Crippen LogP contribution in [-0.2, 0) is 0 Å². The molecule has 0 aliphatic heterocycles. The quantitative estimate of drug-likeness (QED) is 0.498. The third-order valence-corrected chi connectivity index (χ3v) is 1.69. The van der Waals surface area contributed by atoms with Gasteiger partial charge < -0.3 is 0 Å². The van der Waals surface area contributed by atoms with E-state index in [-0.39, 0.29) is 5.46 Å². The van der Waals surface area contributed by atoms with Crippen molar-refractivity contribution in [3.05, 3.63) is 28.5 Å². The summed E-state index contributed by atoms with van der Waals surface area (Å²) in [5, 5.41) is 0.499. The fraction of sp³-hybridized carbons (Fsp3) is 0.143. The van der Waals surface area contributed by atoms with Gasteiger partial charge in [0.25, 0.3) is 0 Å². The Hall–Kier alpha value is -0.495. The Morgan fingerprint density at radius 2 is 2.10 bits per heavy atom. The van der Waals surface area contributed by atoms with Crippen molar-refractivity contribution in [1.82, 2.24) is 0 Å². The maximum atomic E-state index is 12.6. The van der Waals surface area contributed by atoms with Crippen LogP contribution in [0.1, 0.15) is 5.56 Å². The zero-order valence-corrected chi connectivity index (χ0v) is 6.24. The summed E-state index contributed by atoms with van der Waals surface area (Å²) in [6.45, 7) is 1.73. The highest BCUT2D eigenvalue weighted by Gasteiger charge is 1.99. The highest BCUT2D eigenvalue weighted by molar-refractivity contribution is 6.36. The minimum absolute atomic E-state index is 0.0931. The van der Waals surface area contributed by atoms with E-state index in [1.807, 2.05) is 0 Å². The second-order valence-corrected chi connectivity index (χ2v) is 2.53. The lowest BCUT2D eigenvalue weighted by Crippen LogP contribution is -2.08. The molecule has 2 radical (unpaired) electrons. The molecule has 1 rings (SSSR count). The van der Waals surface area contributed by atoms with E-state index in [9.17, 15) is 4.39 Å². The Bertz CT molecular complexity index is 210. The molecule has 0 aliphatic carbocycles. The number of rotatable bonds is 0. The van der Waals surface area contributed by atoms with Crippen LogP contribution in [0.2, 0.25) is 5.02 Å². The smallest absolute Gasteiger partial charge is 0.117 e. The van der Waals surface area contributed by atoms with Crippen molar-refractivity contribution in [2.75, 3.05) is 0 Å². The molecular weight excluding hydrogens is 149 g/mol. The van der Waals surface area contributed by atoms with E-state index in [2.05, 4.69) is 0 Å². The molecule has 0 spiro atoms. The van der Waals surface area contributed by atoms with Gasteiger partial charge >= 0.3 is 0 Å². The molecule has 0 bridgehead atoms. The van der Waals surface area contributed by atoms with Crippen molar-refractivity contribution in [3.63, 3.8) is 0 Å². The van der Waals surface area contributed by atoms with Gasteiger partial charge in [-0.25, -0.2) is 4.39 Å². The second-order valence-electron chi connectivity index (χ2n) is 2.12. The zero-order chi connectivity index (χ0) is 7.72. The summed E-state index contributed by atoms with van der Waals surface area (Å²) in [7, 11) is 5.23. The predicted molar refractivity (Wildman–Crippen MR) is 41.5 cm³/mol. The lowest BCUT2D eigenvalue weighted by molar-refractivity contribution is 0.635. The van der Waals surface area contributed by atoms with Gasteiger partial charge in [0.1, 0.15) is 13.7 Å². The van der Waals surface area contributed by atoms with Crippen molar-refractivity contribution >= 4 is 24.9 Å². The van der Waals surface area contributed by atoms with Crippen molar-refractivity contribution in [2.45, 2.75) is 6.92 Å². The molecule has 3 heteroatoms. The summed E-state index contributed by atoms with van der Waals surface area (Å²) in [5.74, 6) is -0.415. The van der Waals surface area contributed by atoms with Crippen LogP contribution >= 0.6 is 11.6 Å². The fourth-order valence-electron chi connectivity index (χ4n) is 0.662. The summed E-state index contributed by atoms with van der Waals surface area (Å²) in [4.78, 5) is 0. The van der Waals surface area contributed by atoms with Crippen LogP contribution in [0.5, 0.6) is 0 Å². The first-order chi connectivity index (χ1) is 4.61. The molecule has 0 heterocycles. The molecule has 0 saturated heterocycles. The molecule has 0 atom stereocenters. The summed E-state index contributed by atoms with van der Waals surface area (Å²) in [6, 6.07) is 2.73. The van der Waals surface area contributed by atoms with E-state index < -0.39 is 5.82 Å². The van der Waals surface area contributed by atoms with Crippen LogP contribution in [0, 0.1) is 12.7 Å². The van der Waals surface area contributed by atoms with Gasteiger partial charge in [-0.2, -0.15) is 0 Å². The van der Waals surface area contributed by atoms with Crippen molar-refractivity contribution in [3.8, 4) is 0 Å². The third kappa shape index (κ3) is 1.32. The average Bonchev–Trinajstić information content (AvgIpc) is 1.84. The van der Waals surface area contributed by atoms with Gasteiger partial charge in [-0.3, -0.25) is 0 Å². The van der Waals surface area contributed by atoms with E-state index in [1.165, 1.54) is 12.1 Å². The van der Waals surface area contributed by atoms with Gasteiger partial charge in [-0.15, -0.1) is 0 Å². The van der Waals surface area contributed by atoms with Gasteiger partial charge in [0, 0.05) is 5.02 Å². The Labute approximate surface area is 65.4 Å². The average molecular weight is 154 g/mol. The minimum atomic E-state index is -0.415. The Balaban J connectivity index is 3.28. The predicted octanol–water partition coefficient (Wildman–Crippen LogP) is 1.58. The Morgan fingerprint density at radius 1 is 1.50 bits per heavy atom. The van der Waals surface area contributed by atoms with Gasteiger partial charge in [0.15, 0.2) is 0 Å². The maximum Gasteiger partial charge on any atom is 0.117 e. The van der Waals surface area contributed by atoms with Crippen LogP contribution in [0.25, 0.3) is 0 Å². The first-order valence-corrected chi connectivity index (χ1v) is 3.20. The Kier molecular flexibility index (Phi) is 2.00. The topological polar surface area (TPSA) is 0 Å². The van der Waals surface area contributed by atoms with E-state index in [4.69, 9.17) is 19.4 Å². The summed E-state index contributed by atoms with van der Waals surface area (Å²) >= 11 is 5.64. The molecule has 0 N–H and O–H groups in total. The number of hydrogen-bond acceptors (Lipinski definition) is 0. The monoisotopic (exact) mass is 154 g/mol. The maximum absolute atomic E-state index is 12.6. The molecule has 50 valence electrons. The molecule has 10 heavy (non-hydrogen) atoms. The van der Waals surface area contributed by atoms with E-state index >= 15 is 0 Å². The van der Waals surface area contributed by atoms with Crippen molar-refractivity contribution < 1.29 is 4.39 Å². The highest BCUT2D eigenvalue weighted by atomic mass is 35.5. The summed E-state index contributed by atoms with van der Waals surface area (Å²) < 4.78 is 12.6. The molecule has 0 aliphatic rings.